The van der Waals surface area contributed by atoms with Gasteiger partial charge in [-0.25, -0.2) is 4.98 Å². The fraction of sp³-hybridized carbons (Fsp3) is 0.400. The van der Waals surface area contributed by atoms with Crippen molar-refractivity contribution in [2.75, 3.05) is 19.8 Å². The van der Waals surface area contributed by atoms with Crippen molar-refractivity contribution in [3.8, 4) is 0 Å². The van der Waals surface area contributed by atoms with Crippen LogP contribution in [0, 0.1) is 5.92 Å². The third kappa shape index (κ3) is 3.06. The van der Waals surface area contributed by atoms with Gasteiger partial charge in [-0.15, -0.1) is 0 Å². The minimum absolute atomic E-state index is 0.507. The van der Waals surface area contributed by atoms with Crippen LogP contribution in [-0.2, 0) is 16.1 Å². The molecule has 4 heteroatoms. The van der Waals surface area contributed by atoms with Gasteiger partial charge in [0.15, 0.2) is 0 Å². The van der Waals surface area contributed by atoms with Gasteiger partial charge in [-0.05, 0) is 18.6 Å². The van der Waals surface area contributed by atoms with E-state index in [9.17, 15) is 0 Å². The molecule has 0 spiro atoms. The highest BCUT2D eigenvalue weighted by Crippen LogP contribution is 2.21. The van der Waals surface area contributed by atoms with Gasteiger partial charge < -0.3 is 9.47 Å². The summed E-state index contributed by atoms with van der Waals surface area (Å²) in [5.41, 5.74) is 1.86. The predicted octanol–water partition coefficient (Wildman–Crippen LogP) is 3.44. The van der Waals surface area contributed by atoms with Crippen LogP contribution >= 0.6 is 11.6 Å². The molecule has 3 nitrogen and oxygen atoms in total. The first-order valence-electron chi connectivity index (χ1n) is 6.52. The predicted molar refractivity (Wildman–Crippen MR) is 75.3 cm³/mol. The van der Waals surface area contributed by atoms with E-state index in [4.69, 9.17) is 21.1 Å². The molecule has 1 fully saturated rings. The summed E-state index contributed by atoms with van der Waals surface area (Å²) in [6.07, 6.45) is 1.09. The first-order chi connectivity index (χ1) is 9.33. The maximum atomic E-state index is 6.18. The van der Waals surface area contributed by atoms with Crippen molar-refractivity contribution in [2.45, 2.75) is 13.0 Å². The molecule has 1 aliphatic heterocycles. The van der Waals surface area contributed by atoms with Crippen LogP contribution in [0.2, 0.25) is 5.15 Å². The van der Waals surface area contributed by atoms with E-state index in [-0.39, 0.29) is 0 Å². The van der Waals surface area contributed by atoms with E-state index in [1.165, 1.54) is 0 Å². The molecule has 1 unspecified atom stereocenters. The lowest BCUT2D eigenvalue weighted by molar-refractivity contribution is 0.0791. The Balaban J connectivity index is 1.67. The maximum Gasteiger partial charge on any atom is 0.135 e. The summed E-state index contributed by atoms with van der Waals surface area (Å²) in [5, 5.41) is 1.62. The molecule has 2 heterocycles. The lowest BCUT2D eigenvalue weighted by Crippen LogP contribution is -2.09. The molecule has 2 aromatic rings. The van der Waals surface area contributed by atoms with Crippen molar-refractivity contribution in [1.82, 2.24) is 4.98 Å². The van der Waals surface area contributed by atoms with Crippen molar-refractivity contribution in [2.24, 2.45) is 5.92 Å². The summed E-state index contributed by atoms with van der Waals surface area (Å²) >= 11 is 6.18. The van der Waals surface area contributed by atoms with Crippen LogP contribution in [0.1, 0.15) is 12.0 Å². The minimum Gasteiger partial charge on any atom is -0.381 e. The van der Waals surface area contributed by atoms with Gasteiger partial charge in [0.05, 0.1) is 25.3 Å². The second-order valence-corrected chi connectivity index (χ2v) is 5.23. The molecule has 0 saturated carbocycles. The summed E-state index contributed by atoms with van der Waals surface area (Å²) in [6.45, 7) is 2.90. The fourth-order valence-electron chi connectivity index (χ4n) is 2.29. The molecular weight excluding hydrogens is 262 g/mol. The SMILES string of the molecule is Clc1nc2ccccc2cc1COCC1CCOC1. The van der Waals surface area contributed by atoms with Gasteiger partial charge in [-0.2, -0.15) is 0 Å². The molecular formula is C15H16ClNO2. The molecule has 0 radical (unpaired) electrons. The molecule has 1 saturated heterocycles. The van der Waals surface area contributed by atoms with Crippen molar-refractivity contribution < 1.29 is 9.47 Å². The van der Waals surface area contributed by atoms with E-state index in [1.807, 2.05) is 24.3 Å². The molecule has 0 N–H and O–H groups in total. The summed E-state index contributed by atoms with van der Waals surface area (Å²) in [7, 11) is 0. The molecule has 3 rings (SSSR count). The molecule has 1 aliphatic rings. The second kappa shape index (κ2) is 5.87. The summed E-state index contributed by atoms with van der Waals surface area (Å²) in [5.74, 6) is 0.521. The van der Waals surface area contributed by atoms with E-state index in [1.54, 1.807) is 0 Å². The number of hydrogen-bond donors (Lipinski definition) is 0. The molecule has 1 aromatic heterocycles. The third-order valence-electron chi connectivity index (χ3n) is 3.39. The highest BCUT2D eigenvalue weighted by Gasteiger charge is 2.15. The number of nitrogens with zero attached hydrogens (tertiary/aromatic N) is 1. The van der Waals surface area contributed by atoms with Crippen molar-refractivity contribution >= 4 is 22.5 Å². The van der Waals surface area contributed by atoms with Crippen LogP contribution in [0.25, 0.3) is 10.9 Å². The Bertz CT molecular complexity index is 567. The van der Waals surface area contributed by atoms with E-state index >= 15 is 0 Å². The van der Waals surface area contributed by atoms with Crippen molar-refractivity contribution in [1.29, 1.82) is 0 Å². The monoisotopic (exact) mass is 277 g/mol. The van der Waals surface area contributed by atoms with Crippen LogP contribution in [-0.4, -0.2) is 24.8 Å². The van der Waals surface area contributed by atoms with Crippen LogP contribution < -0.4 is 0 Å². The Morgan fingerprint density at radius 1 is 1.37 bits per heavy atom. The zero-order valence-electron chi connectivity index (χ0n) is 10.6. The number of aromatic nitrogens is 1. The van der Waals surface area contributed by atoms with Gasteiger partial charge in [-0.3, -0.25) is 0 Å². The quantitative estimate of drug-likeness (QED) is 0.802. The minimum atomic E-state index is 0.507. The number of para-hydroxylation sites is 1. The average Bonchev–Trinajstić information content (AvgIpc) is 2.92. The van der Waals surface area contributed by atoms with Gasteiger partial charge in [0, 0.05) is 23.5 Å². The van der Waals surface area contributed by atoms with E-state index in [0.717, 1.165) is 42.7 Å². The average molecular weight is 278 g/mol. The highest BCUT2D eigenvalue weighted by molar-refractivity contribution is 6.30. The molecule has 1 atom stereocenters. The Hall–Kier alpha value is -1.16. The van der Waals surface area contributed by atoms with Crippen molar-refractivity contribution in [3.63, 3.8) is 0 Å². The number of rotatable bonds is 4. The third-order valence-corrected chi connectivity index (χ3v) is 3.71. The van der Waals surface area contributed by atoms with Crippen LogP contribution in [0.5, 0.6) is 0 Å². The van der Waals surface area contributed by atoms with Gasteiger partial charge in [0.2, 0.25) is 0 Å². The normalized spacial score (nSPS) is 19.1. The number of hydrogen-bond acceptors (Lipinski definition) is 3. The van der Waals surface area contributed by atoms with E-state index in [0.29, 0.717) is 17.7 Å². The Morgan fingerprint density at radius 2 is 2.26 bits per heavy atom. The van der Waals surface area contributed by atoms with Gasteiger partial charge in [0.25, 0.3) is 0 Å². The van der Waals surface area contributed by atoms with Gasteiger partial charge in [0.1, 0.15) is 5.15 Å². The van der Waals surface area contributed by atoms with Crippen LogP contribution in [0.3, 0.4) is 0 Å². The second-order valence-electron chi connectivity index (χ2n) is 4.88. The number of fused-ring (bicyclic) bond motifs is 1. The van der Waals surface area contributed by atoms with Crippen LogP contribution in [0.4, 0.5) is 0 Å². The first-order valence-corrected chi connectivity index (χ1v) is 6.90. The van der Waals surface area contributed by atoms with E-state index in [2.05, 4.69) is 11.1 Å². The topological polar surface area (TPSA) is 31.4 Å². The molecule has 19 heavy (non-hydrogen) atoms. The summed E-state index contributed by atoms with van der Waals surface area (Å²) < 4.78 is 11.1. The van der Waals surface area contributed by atoms with E-state index < -0.39 is 0 Å². The largest absolute Gasteiger partial charge is 0.381 e. The summed E-state index contributed by atoms with van der Waals surface area (Å²) in [4.78, 5) is 4.39. The summed E-state index contributed by atoms with van der Waals surface area (Å²) in [6, 6.07) is 10.0. The molecule has 0 bridgehead atoms. The highest BCUT2D eigenvalue weighted by atomic mass is 35.5. The number of benzene rings is 1. The first kappa shape index (κ1) is 12.9. The lowest BCUT2D eigenvalue weighted by Gasteiger charge is -2.10. The number of halogens is 1. The fourth-order valence-corrected chi connectivity index (χ4v) is 2.49. The smallest absolute Gasteiger partial charge is 0.135 e. The number of pyridine rings is 1. The zero-order valence-corrected chi connectivity index (χ0v) is 11.4. The molecule has 1 aromatic carbocycles. The van der Waals surface area contributed by atoms with Crippen molar-refractivity contribution in [3.05, 3.63) is 41.0 Å². The molecule has 0 amide bonds. The number of ether oxygens (including phenoxy) is 2. The lowest BCUT2D eigenvalue weighted by atomic mass is 10.1. The molecule has 100 valence electrons. The Morgan fingerprint density at radius 3 is 3.11 bits per heavy atom. The molecule has 0 aliphatic carbocycles. The van der Waals surface area contributed by atoms with Gasteiger partial charge in [-0.1, -0.05) is 29.8 Å². The standard InChI is InChI=1S/C15H16ClNO2/c16-15-13(10-19-9-11-5-6-18-8-11)7-12-3-1-2-4-14(12)17-15/h1-4,7,11H,5-6,8-10H2. The Labute approximate surface area is 117 Å². The van der Waals surface area contributed by atoms with Gasteiger partial charge >= 0.3 is 0 Å². The Kier molecular flexibility index (Phi) is 3.97. The zero-order chi connectivity index (χ0) is 13.1. The van der Waals surface area contributed by atoms with Crippen LogP contribution in [0.15, 0.2) is 30.3 Å². The maximum absolute atomic E-state index is 6.18.